The van der Waals surface area contributed by atoms with Gasteiger partial charge < -0.3 is 69.7 Å². The average molecular weight is 726 g/mol. The van der Waals surface area contributed by atoms with E-state index in [2.05, 4.69) is 26.3 Å². The maximum Gasteiger partial charge on any atom is 0.326 e. The van der Waals surface area contributed by atoms with Crippen LogP contribution in [-0.4, -0.2) is 104 Å². The number of aliphatic hydroxyl groups is 1. The van der Waals surface area contributed by atoms with Crippen LogP contribution in [0.3, 0.4) is 0 Å². The van der Waals surface area contributed by atoms with Crippen LogP contribution in [0.15, 0.2) is 17.1 Å². The first-order valence-electron chi connectivity index (χ1n) is 15.5. The predicted octanol–water partition coefficient (Wildman–Crippen LogP) is -3.55. The smallest absolute Gasteiger partial charge is 0.326 e. The van der Waals surface area contributed by atoms with Gasteiger partial charge in [-0.15, -0.1) is 0 Å². The monoisotopic (exact) mass is 725 g/mol. The standard InChI is InChI=1S/C30H47N9O12/c1-30(2,3)23(27(49)35-15(6-4-5-7-31)24(46)37-17(28(50)51)11-21(44)45)39-25(47)16(10-20(32)43)36-26(48)22(38-29(33)34)13-8-18(41)14(12-40)19(42)9-13/h8-9,15-17,22-23,40-42H,4-7,10-12,31H2,1-3H3,(H2,32,43)(H,35,49)(H,36,48)(H,37,46)(H,39,47)(H,44,45)(H,50,51)(H4,33,34,38). The lowest BCUT2D eigenvalue weighted by molar-refractivity contribution is -0.147. The number of benzene rings is 1. The van der Waals surface area contributed by atoms with Crippen molar-refractivity contribution in [3.05, 3.63) is 23.3 Å². The Morgan fingerprint density at radius 3 is 1.75 bits per heavy atom. The summed E-state index contributed by atoms with van der Waals surface area (Å²) in [6.07, 6.45) is -1.08. The summed E-state index contributed by atoms with van der Waals surface area (Å²) in [6.45, 7) is 4.10. The number of aliphatic hydroxyl groups excluding tert-OH is 1. The lowest BCUT2D eigenvalue weighted by atomic mass is 9.85. The number of nitrogens with two attached hydrogens (primary N) is 4. The highest BCUT2D eigenvalue weighted by atomic mass is 16.4. The van der Waals surface area contributed by atoms with Crippen LogP contribution in [0.4, 0.5) is 0 Å². The third-order valence-corrected chi connectivity index (χ3v) is 7.25. The molecule has 284 valence electrons. The molecule has 0 aliphatic heterocycles. The number of nitrogens with one attached hydrogen (secondary N) is 4. The van der Waals surface area contributed by atoms with E-state index in [1.165, 1.54) is 0 Å². The van der Waals surface area contributed by atoms with Gasteiger partial charge in [0.15, 0.2) is 12.0 Å². The Morgan fingerprint density at radius 1 is 0.765 bits per heavy atom. The third kappa shape index (κ3) is 14.0. The number of carbonyl (C=O) groups excluding carboxylic acids is 5. The molecule has 0 saturated heterocycles. The van der Waals surface area contributed by atoms with Crippen molar-refractivity contribution in [1.82, 2.24) is 21.3 Å². The summed E-state index contributed by atoms with van der Waals surface area (Å²) in [5.74, 6) is -10.2. The Hall–Kier alpha value is -5.70. The summed E-state index contributed by atoms with van der Waals surface area (Å²) < 4.78 is 0. The first-order valence-corrected chi connectivity index (χ1v) is 15.5. The average Bonchev–Trinajstić information content (AvgIpc) is 2.99. The first-order chi connectivity index (χ1) is 23.6. The van der Waals surface area contributed by atoms with Crippen LogP contribution in [-0.2, 0) is 40.2 Å². The zero-order valence-corrected chi connectivity index (χ0v) is 28.3. The summed E-state index contributed by atoms with van der Waals surface area (Å²) >= 11 is 0. The minimum absolute atomic E-state index is 0.0457. The predicted molar refractivity (Wildman–Crippen MR) is 178 cm³/mol. The Kier molecular flexibility index (Phi) is 16.5. The number of rotatable bonds is 20. The fourth-order valence-corrected chi connectivity index (χ4v) is 4.66. The van der Waals surface area contributed by atoms with E-state index >= 15 is 0 Å². The maximum atomic E-state index is 13.6. The number of aliphatic imine (C=N–C) groups is 1. The van der Waals surface area contributed by atoms with Gasteiger partial charge in [0.05, 0.1) is 25.0 Å². The molecule has 0 bridgehead atoms. The second-order valence-electron chi connectivity index (χ2n) is 12.5. The Bertz CT molecular complexity index is 1470. The molecule has 5 amide bonds. The van der Waals surface area contributed by atoms with Crippen LogP contribution in [0.5, 0.6) is 11.5 Å². The second kappa shape index (κ2) is 19.5. The Morgan fingerprint density at radius 2 is 1.29 bits per heavy atom. The highest BCUT2D eigenvalue weighted by molar-refractivity contribution is 5.98. The van der Waals surface area contributed by atoms with Gasteiger partial charge in [-0.25, -0.2) is 9.79 Å². The van der Waals surface area contributed by atoms with Crippen molar-refractivity contribution in [2.45, 2.75) is 89.7 Å². The van der Waals surface area contributed by atoms with E-state index in [0.717, 1.165) is 12.1 Å². The van der Waals surface area contributed by atoms with Gasteiger partial charge >= 0.3 is 11.9 Å². The van der Waals surface area contributed by atoms with Crippen molar-refractivity contribution >= 4 is 47.4 Å². The summed E-state index contributed by atoms with van der Waals surface area (Å²) in [4.78, 5) is 92.1. The molecule has 5 atom stereocenters. The zero-order valence-electron chi connectivity index (χ0n) is 28.3. The van der Waals surface area contributed by atoms with Crippen molar-refractivity contribution in [3.8, 4) is 11.5 Å². The molecule has 5 unspecified atom stereocenters. The third-order valence-electron chi connectivity index (χ3n) is 7.25. The molecule has 0 heterocycles. The molecular formula is C30H47N9O12. The highest BCUT2D eigenvalue weighted by Gasteiger charge is 2.38. The SMILES string of the molecule is CC(C)(C)C(NC(=O)C(CC(N)=O)NC(=O)C(N=C(N)N)c1cc(O)c(CO)c(O)c1)C(=O)NC(CCCCN)C(=O)NC(CC(=O)O)C(=O)O. The topological polar surface area (TPSA) is 385 Å². The summed E-state index contributed by atoms with van der Waals surface area (Å²) in [6, 6.07) is -6.19. The van der Waals surface area contributed by atoms with Gasteiger partial charge in [0.2, 0.25) is 29.5 Å². The molecule has 17 N–H and O–H groups in total. The molecule has 51 heavy (non-hydrogen) atoms. The van der Waals surface area contributed by atoms with Gasteiger partial charge in [0.1, 0.15) is 35.7 Å². The van der Waals surface area contributed by atoms with E-state index in [1.54, 1.807) is 20.8 Å². The molecule has 1 aromatic rings. The molecular weight excluding hydrogens is 678 g/mol. The number of aliphatic carboxylic acids is 2. The van der Waals surface area contributed by atoms with Crippen molar-refractivity contribution in [3.63, 3.8) is 0 Å². The first kappa shape index (κ1) is 43.3. The van der Waals surface area contributed by atoms with Crippen molar-refractivity contribution < 1.29 is 59.1 Å². The van der Waals surface area contributed by atoms with Crippen LogP contribution in [0.1, 0.15) is 70.0 Å². The number of primary amides is 1. The fourth-order valence-electron chi connectivity index (χ4n) is 4.66. The summed E-state index contributed by atoms with van der Waals surface area (Å²) in [5.41, 5.74) is 20.3. The molecule has 0 saturated carbocycles. The molecule has 1 aromatic carbocycles. The summed E-state index contributed by atoms with van der Waals surface area (Å²) in [7, 11) is 0. The Labute approximate surface area is 292 Å². The van der Waals surface area contributed by atoms with Crippen molar-refractivity contribution in [2.24, 2.45) is 33.3 Å². The quantitative estimate of drug-likeness (QED) is 0.0352. The number of carbonyl (C=O) groups is 7. The Balaban J connectivity index is 3.42. The number of nitrogens with zero attached hydrogens (tertiary/aromatic N) is 1. The van der Waals surface area contributed by atoms with Gasteiger partial charge in [-0.1, -0.05) is 20.8 Å². The van der Waals surface area contributed by atoms with Crippen molar-refractivity contribution in [1.29, 1.82) is 0 Å². The van der Waals surface area contributed by atoms with E-state index in [4.69, 9.17) is 28.0 Å². The van der Waals surface area contributed by atoms with Crippen LogP contribution >= 0.6 is 0 Å². The molecule has 21 heteroatoms. The molecule has 0 fully saturated rings. The minimum Gasteiger partial charge on any atom is -0.507 e. The van der Waals surface area contributed by atoms with E-state index in [1.807, 2.05) is 0 Å². The van der Waals surface area contributed by atoms with E-state index in [-0.39, 0.29) is 24.1 Å². The number of amides is 5. The van der Waals surface area contributed by atoms with Gasteiger partial charge in [-0.05, 0) is 48.9 Å². The van der Waals surface area contributed by atoms with Crippen molar-refractivity contribution in [2.75, 3.05) is 6.54 Å². The summed E-state index contributed by atoms with van der Waals surface area (Å²) in [5, 5.41) is 57.4. The fraction of sp³-hybridized carbons (Fsp3) is 0.533. The number of phenols is 2. The molecule has 0 aliphatic rings. The van der Waals surface area contributed by atoms with Gasteiger partial charge in [0.25, 0.3) is 0 Å². The number of guanidine groups is 1. The van der Waals surface area contributed by atoms with E-state index in [9.17, 15) is 54.0 Å². The van der Waals surface area contributed by atoms with Gasteiger partial charge in [-0.2, -0.15) is 0 Å². The number of hydrogen-bond acceptors (Lipinski definition) is 12. The lowest BCUT2D eigenvalue weighted by Gasteiger charge is -2.33. The lowest BCUT2D eigenvalue weighted by Crippen LogP contribution is -2.61. The van der Waals surface area contributed by atoms with E-state index < -0.39 is 114 Å². The normalized spacial score (nSPS) is 14.1. The second-order valence-corrected chi connectivity index (χ2v) is 12.5. The van der Waals surface area contributed by atoms with Gasteiger partial charge in [-0.3, -0.25) is 28.8 Å². The molecule has 1 rings (SSSR count). The number of hydrogen-bond donors (Lipinski definition) is 13. The molecule has 0 aliphatic carbocycles. The van der Waals surface area contributed by atoms with Crippen LogP contribution in [0.2, 0.25) is 0 Å². The maximum absolute atomic E-state index is 13.6. The molecule has 0 spiro atoms. The molecule has 0 aromatic heterocycles. The molecule has 21 nitrogen and oxygen atoms in total. The minimum atomic E-state index is -1.82. The number of aromatic hydroxyl groups is 2. The molecule has 0 radical (unpaired) electrons. The number of unbranched alkanes of at least 4 members (excludes halogenated alkanes) is 1. The number of carboxylic acid groups (broad SMARTS) is 2. The number of carboxylic acids is 2. The van der Waals surface area contributed by atoms with E-state index in [0.29, 0.717) is 12.8 Å². The van der Waals surface area contributed by atoms with Crippen LogP contribution < -0.4 is 44.2 Å². The van der Waals surface area contributed by atoms with Crippen LogP contribution in [0.25, 0.3) is 0 Å². The van der Waals surface area contributed by atoms with Gasteiger partial charge in [0, 0.05) is 0 Å². The zero-order chi connectivity index (χ0) is 39.2. The highest BCUT2D eigenvalue weighted by Crippen LogP contribution is 2.33. The van der Waals surface area contributed by atoms with Crippen LogP contribution in [0, 0.1) is 5.41 Å². The largest absolute Gasteiger partial charge is 0.507 e.